The quantitative estimate of drug-likeness (QED) is 0.704. The van der Waals surface area contributed by atoms with Crippen LogP contribution in [0.15, 0.2) is 21.7 Å². The smallest absolute Gasteiger partial charge is 0.349 e. The highest BCUT2D eigenvalue weighted by atomic mass is 16.4. The Kier molecular flexibility index (Phi) is 2.66. The average Bonchev–Trinajstić information content (AvgIpc) is 2.58. The average molecular weight is 249 g/mol. The summed E-state index contributed by atoms with van der Waals surface area (Å²) in [7, 11) is 0. The van der Waals surface area contributed by atoms with Crippen LogP contribution in [0.2, 0.25) is 0 Å². The van der Waals surface area contributed by atoms with E-state index in [1.165, 1.54) is 6.07 Å². The number of rotatable bonds is 2. The number of hydrogen-bond acceptors (Lipinski definition) is 3. The molecule has 0 amide bonds. The topological polar surface area (TPSA) is 108 Å². The molecule has 94 valence electrons. The van der Waals surface area contributed by atoms with Gasteiger partial charge in [0, 0.05) is 0 Å². The summed E-state index contributed by atoms with van der Waals surface area (Å²) in [6, 6.07) is 3.13. The Bertz CT molecular complexity index is 708. The Morgan fingerprint density at radius 1 is 1.17 bits per heavy atom. The number of nitrogens with zero attached hydrogens (tertiary/aromatic N) is 1. The highest BCUT2D eigenvalue weighted by Gasteiger charge is 2.18. The molecule has 18 heavy (non-hydrogen) atoms. The lowest BCUT2D eigenvalue weighted by molar-refractivity contribution is 0.0696. The number of aromatic carboxylic acids is 1. The maximum Gasteiger partial charge on any atom is 0.349 e. The molecule has 0 bridgehead atoms. The normalized spacial score (nSPS) is 10.6. The Morgan fingerprint density at radius 2 is 1.72 bits per heavy atom. The van der Waals surface area contributed by atoms with E-state index in [0.29, 0.717) is 5.56 Å². The first-order chi connectivity index (χ1) is 8.41. The second kappa shape index (κ2) is 4.02. The maximum absolute atomic E-state index is 11.5. The lowest BCUT2D eigenvalue weighted by Crippen LogP contribution is -2.27. The zero-order chi connectivity index (χ0) is 13.4. The van der Waals surface area contributed by atoms with Crippen molar-refractivity contribution in [3.63, 3.8) is 0 Å². The van der Waals surface area contributed by atoms with E-state index in [2.05, 4.69) is 10.2 Å². The first-order valence-corrected chi connectivity index (χ1v) is 5.16. The molecule has 2 aromatic rings. The second-order valence-corrected chi connectivity index (χ2v) is 3.98. The van der Waals surface area contributed by atoms with Gasteiger partial charge in [-0.05, 0) is 31.0 Å². The van der Waals surface area contributed by atoms with Crippen molar-refractivity contribution in [2.24, 2.45) is 0 Å². The molecule has 0 aliphatic rings. The fourth-order valence-electron chi connectivity index (χ4n) is 1.93. The monoisotopic (exact) mass is 249 g/mol. The van der Waals surface area contributed by atoms with Crippen LogP contribution in [-0.4, -0.2) is 25.8 Å². The minimum atomic E-state index is -1.19. The molecular formula is C11H11N3O4. The van der Waals surface area contributed by atoms with Crippen molar-refractivity contribution in [2.45, 2.75) is 13.8 Å². The minimum absolute atomic E-state index is 0.0836. The molecule has 0 unspecified atom stereocenters. The molecule has 1 aromatic heterocycles. The number of nitrogens with one attached hydrogen (secondary N) is 2. The molecule has 0 aliphatic heterocycles. The second-order valence-electron chi connectivity index (χ2n) is 3.98. The molecule has 0 saturated carbocycles. The number of H-pyrrole nitrogens is 2. The van der Waals surface area contributed by atoms with Crippen molar-refractivity contribution >= 4 is 5.97 Å². The van der Waals surface area contributed by atoms with Gasteiger partial charge in [0.1, 0.15) is 0 Å². The van der Waals surface area contributed by atoms with Crippen molar-refractivity contribution < 1.29 is 9.90 Å². The zero-order valence-corrected chi connectivity index (χ0v) is 9.77. The minimum Gasteiger partial charge on any atom is -0.478 e. The Balaban J connectivity index is 2.91. The summed E-state index contributed by atoms with van der Waals surface area (Å²) in [5.41, 5.74) is -0.113. The molecule has 0 aliphatic carbocycles. The van der Waals surface area contributed by atoms with E-state index in [1.54, 1.807) is 19.9 Å². The van der Waals surface area contributed by atoms with Crippen LogP contribution in [0, 0.1) is 13.8 Å². The number of aromatic nitrogens is 3. The predicted molar refractivity (Wildman–Crippen MR) is 63.4 cm³/mol. The number of carbonyl (C=O) groups is 1. The molecule has 2 rings (SSSR count). The molecule has 7 heteroatoms. The maximum atomic E-state index is 11.5. The number of benzene rings is 1. The summed E-state index contributed by atoms with van der Waals surface area (Å²) in [4.78, 5) is 34.3. The highest BCUT2D eigenvalue weighted by Crippen LogP contribution is 2.19. The Hall–Kier alpha value is -2.57. The van der Waals surface area contributed by atoms with Gasteiger partial charge in [-0.15, -0.1) is 0 Å². The first-order valence-electron chi connectivity index (χ1n) is 5.16. The molecule has 0 spiro atoms. The molecule has 0 radical (unpaired) electrons. The van der Waals surface area contributed by atoms with Gasteiger partial charge in [-0.2, -0.15) is 0 Å². The van der Waals surface area contributed by atoms with Crippen molar-refractivity contribution in [2.75, 3.05) is 0 Å². The van der Waals surface area contributed by atoms with Crippen LogP contribution in [0.25, 0.3) is 5.69 Å². The number of carboxylic acids is 1. The third-order valence-electron chi connectivity index (χ3n) is 2.58. The largest absolute Gasteiger partial charge is 0.478 e. The van der Waals surface area contributed by atoms with Gasteiger partial charge in [-0.1, -0.05) is 6.07 Å². The molecule has 0 fully saturated rings. The van der Waals surface area contributed by atoms with Crippen molar-refractivity contribution in [3.05, 3.63) is 49.8 Å². The van der Waals surface area contributed by atoms with Crippen LogP contribution in [0.3, 0.4) is 0 Å². The van der Waals surface area contributed by atoms with Crippen LogP contribution < -0.4 is 11.4 Å². The number of aromatic amines is 2. The molecular weight excluding hydrogens is 238 g/mol. The number of aryl methyl sites for hydroxylation is 2. The van der Waals surface area contributed by atoms with Crippen LogP contribution in [-0.2, 0) is 0 Å². The van der Waals surface area contributed by atoms with Gasteiger partial charge in [0.15, 0.2) is 0 Å². The van der Waals surface area contributed by atoms with E-state index >= 15 is 0 Å². The van der Waals surface area contributed by atoms with E-state index < -0.39 is 17.3 Å². The lowest BCUT2D eigenvalue weighted by atomic mass is 10.0. The van der Waals surface area contributed by atoms with Crippen molar-refractivity contribution in [1.29, 1.82) is 0 Å². The van der Waals surface area contributed by atoms with Crippen LogP contribution in [0.4, 0.5) is 0 Å². The van der Waals surface area contributed by atoms with E-state index in [1.807, 2.05) is 0 Å². The fourth-order valence-corrected chi connectivity index (χ4v) is 1.93. The van der Waals surface area contributed by atoms with Gasteiger partial charge in [-0.25, -0.2) is 29.1 Å². The summed E-state index contributed by atoms with van der Waals surface area (Å²) in [6.45, 7) is 3.39. The zero-order valence-electron chi connectivity index (χ0n) is 9.77. The molecule has 7 nitrogen and oxygen atoms in total. The van der Waals surface area contributed by atoms with E-state index in [4.69, 9.17) is 5.11 Å². The lowest BCUT2D eigenvalue weighted by Gasteiger charge is -2.10. The highest BCUT2D eigenvalue weighted by molar-refractivity contribution is 5.92. The summed E-state index contributed by atoms with van der Waals surface area (Å²) in [5, 5.41) is 13.4. The third-order valence-corrected chi connectivity index (χ3v) is 2.58. The Morgan fingerprint density at radius 3 is 2.22 bits per heavy atom. The summed E-state index contributed by atoms with van der Waals surface area (Å²) in [5.74, 6) is -1.19. The van der Waals surface area contributed by atoms with Crippen LogP contribution >= 0.6 is 0 Å². The van der Waals surface area contributed by atoms with Gasteiger partial charge < -0.3 is 5.11 Å². The number of carboxylic acid groups (broad SMARTS) is 1. The van der Waals surface area contributed by atoms with Gasteiger partial charge in [0.05, 0.1) is 11.3 Å². The molecule has 0 saturated heterocycles. The van der Waals surface area contributed by atoms with Crippen LogP contribution in [0.1, 0.15) is 21.5 Å². The SMILES string of the molecule is Cc1cc(C)c(-n2c(=O)[nH][nH]c2=O)c(C(=O)O)c1. The van der Waals surface area contributed by atoms with E-state index in [0.717, 1.165) is 10.1 Å². The molecule has 3 N–H and O–H groups in total. The van der Waals surface area contributed by atoms with Gasteiger partial charge in [-0.3, -0.25) is 0 Å². The summed E-state index contributed by atoms with van der Waals surface area (Å²) >= 11 is 0. The van der Waals surface area contributed by atoms with E-state index in [-0.39, 0.29) is 11.3 Å². The van der Waals surface area contributed by atoms with Crippen LogP contribution in [0.5, 0.6) is 0 Å². The van der Waals surface area contributed by atoms with Crippen molar-refractivity contribution in [1.82, 2.24) is 14.8 Å². The first kappa shape index (κ1) is 11.9. The standard InChI is InChI=1S/C11H11N3O4/c1-5-3-6(2)8(7(4-5)9(15)16)14-10(17)12-13-11(14)18/h3-4H,1-2H3,(H,12,17)(H,13,18)(H,15,16). The molecule has 1 aromatic carbocycles. The van der Waals surface area contributed by atoms with E-state index in [9.17, 15) is 14.4 Å². The third kappa shape index (κ3) is 1.75. The van der Waals surface area contributed by atoms with Crippen molar-refractivity contribution in [3.8, 4) is 5.69 Å². The Labute approximate surface area is 101 Å². The van der Waals surface area contributed by atoms with Gasteiger partial charge in [0.25, 0.3) is 0 Å². The van der Waals surface area contributed by atoms with Gasteiger partial charge >= 0.3 is 17.3 Å². The summed E-state index contributed by atoms with van der Waals surface area (Å²) < 4.78 is 0.776. The molecule has 1 heterocycles. The predicted octanol–water partition coefficient (Wildman–Crippen LogP) is 0.169. The van der Waals surface area contributed by atoms with Gasteiger partial charge in [0.2, 0.25) is 0 Å². The number of hydrogen-bond donors (Lipinski definition) is 3. The molecule has 0 atom stereocenters. The fraction of sp³-hybridized carbons (Fsp3) is 0.182. The summed E-state index contributed by atoms with van der Waals surface area (Å²) in [6.07, 6.45) is 0.